The van der Waals surface area contributed by atoms with Crippen molar-refractivity contribution in [1.82, 2.24) is 0 Å². The fourth-order valence-corrected chi connectivity index (χ4v) is 1.31. The van der Waals surface area contributed by atoms with Gasteiger partial charge in [-0.2, -0.15) is 0 Å². The lowest BCUT2D eigenvalue weighted by Gasteiger charge is -2.02. The SMILES string of the molecule is C/C(=C/C(=O)O)c1ccc(Cl)c(Cl)c1. The van der Waals surface area contributed by atoms with E-state index in [4.69, 9.17) is 28.3 Å². The van der Waals surface area contributed by atoms with Gasteiger partial charge in [-0.15, -0.1) is 0 Å². The summed E-state index contributed by atoms with van der Waals surface area (Å²) in [7, 11) is 0. The van der Waals surface area contributed by atoms with Gasteiger partial charge in [0, 0.05) is 6.08 Å². The minimum Gasteiger partial charge on any atom is -0.478 e. The van der Waals surface area contributed by atoms with Gasteiger partial charge in [0.25, 0.3) is 0 Å². The van der Waals surface area contributed by atoms with Crippen LogP contribution in [0.15, 0.2) is 24.3 Å². The van der Waals surface area contributed by atoms with Crippen LogP contribution in [-0.2, 0) is 4.79 Å². The summed E-state index contributed by atoms with van der Waals surface area (Å²) >= 11 is 11.5. The standard InChI is InChI=1S/C10H8Cl2O2/c1-6(4-10(13)14)7-2-3-8(11)9(12)5-7/h2-5H,1H3,(H,13,14)/b6-4-. The molecule has 0 saturated carbocycles. The number of aliphatic carboxylic acids is 1. The van der Waals surface area contributed by atoms with E-state index in [2.05, 4.69) is 0 Å². The number of rotatable bonds is 2. The van der Waals surface area contributed by atoms with Crippen LogP contribution in [-0.4, -0.2) is 11.1 Å². The van der Waals surface area contributed by atoms with E-state index in [1.54, 1.807) is 25.1 Å². The van der Waals surface area contributed by atoms with Crippen molar-refractivity contribution < 1.29 is 9.90 Å². The van der Waals surface area contributed by atoms with Gasteiger partial charge in [-0.3, -0.25) is 0 Å². The summed E-state index contributed by atoms with van der Waals surface area (Å²) in [6, 6.07) is 5.00. The van der Waals surface area contributed by atoms with Crippen LogP contribution in [0.4, 0.5) is 0 Å². The lowest BCUT2D eigenvalue weighted by atomic mass is 10.1. The molecule has 2 nitrogen and oxygen atoms in total. The highest BCUT2D eigenvalue weighted by Crippen LogP contribution is 2.25. The van der Waals surface area contributed by atoms with E-state index < -0.39 is 5.97 Å². The molecule has 0 unspecified atom stereocenters. The van der Waals surface area contributed by atoms with Gasteiger partial charge >= 0.3 is 5.97 Å². The van der Waals surface area contributed by atoms with Gasteiger partial charge in [0.1, 0.15) is 0 Å². The van der Waals surface area contributed by atoms with Gasteiger partial charge in [-0.05, 0) is 30.2 Å². The van der Waals surface area contributed by atoms with E-state index in [0.717, 1.165) is 11.6 Å². The molecule has 14 heavy (non-hydrogen) atoms. The summed E-state index contributed by atoms with van der Waals surface area (Å²) in [5.41, 5.74) is 1.39. The smallest absolute Gasteiger partial charge is 0.328 e. The minimum absolute atomic E-state index is 0.419. The molecular weight excluding hydrogens is 223 g/mol. The monoisotopic (exact) mass is 230 g/mol. The third kappa shape index (κ3) is 2.76. The molecule has 74 valence electrons. The van der Waals surface area contributed by atoms with Crippen LogP contribution in [0.1, 0.15) is 12.5 Å². The summed E-state index contributed by atoms with van der Waals surface area (Å²) < 4.78 is 0. The van der Waals surface area contributed by atoms with E-state index in [9.17, 15) is 4.79 Å². The topological polar surface area (TPSA) is 37.3 Å². The highest BCUT2D eigenvalue weighted by atomic mass is 35.5. The molecule has 1 aromatic carbocycles. The number of allylic oxidation sites excluding steroid dienone is 1. The third-order valence-electron chi connectivity index (χ3n) is 1.71. The Balaban J connectivity index is 3.09. The maximum atomic E-state index is 10.4. The van der Waals surface area contributed by atoms with E-state index in [-0.39, 0.29) is 0 Å². The number of carboxylic acid groups (broad SMARTS) is 1. The Labute approximate surface area is 91.8 Å². The molecule has 0 radical (unpaired) electrons. The van der Waals surface area contributed by atoms with Crippen LogP contribution < -0.4 is 0 Å². The maximum Gasteiger partial charge on any atom is 0.328 e. The van der Waals surface area contributed by atoms with Crippen molar-refractivity contribution in [2.24, 2.45) is 0 Å². The summed E-state index contributed by atoms with van der Waals surface area (Å²) in [5, 5.41) is 9.41. The second kappa shape index (κ2) is 4.49. The Kier molecular flexibility index (Phi) is 3.55. The van der Waals surface area contributed by atoms with E-state index in [0.29, 0.717) is 15.6 Å². The minimum atomic E-state index is -0.978. The first-order valence-corrected chi connectivity index (χ1v) is 4.63. The van der Waals surface area contributed by atoms with Crippen molar-refractivity contribution in [2.45, 2.75) is 6.92 Å². The Morgan fingerprint density at radius 2 is 2.00 bits per heavy atom. The summed E-state index contributed by atoms with van der Waals surface area (Å²) in [6.07, 6.45) is 1.12. The van der Waals surface area contributed by atoms with Crippen molar-refractivity contribution in [2.75, 3.05) is 0 Å². The molecule has 1 N–H and O–H groups in total. The zero-order valence-corrected chi connectivity index (χ0v) is 8.93. The van der Waals surface area contributed by atoms with Crippen LogP contribution in [0.3, 0.4) is 0 Å². The van der Waals surface area contributed by atoms with Gasteiger partial charge < -0.3 is 5.11 Å². The number of benzene rings is 1. The average molecular weight is 231 g/mol. The van der Waals surface area contributed by atoms with Gasteiger partial charge in [0.15, 0.2) is 0 Å². The number of hydrogen-bond acceptors (Lipinski definition) is 1. The molecule has 0 bridgehead atoms. The Morgan fingerprint density at radius 1 is 1.36 bits per heavy atom. The van der Waals surface area contributed by atoms with Crippen molar-refractivity contribution in [3.05, 3.63) is 39.9 Å². The molecule has 0 atom stereocenters. The quantitative estimate of drug-likeness (QED) is 0.791. The summed E-state index contributed by atoms with van der Waals surface area (Å²) in [6.45, 7) is 1.70. The molecule has 0 amide bonds. The molecule has 0 spiro atoms. The fourth-order valence-electron chi connectivity index (χ4n) is 1.01. The lowest BCUT2D eigenvalue weighted by Crippen LogP contribution is -1.90. The largest absolute Gasteiger partial charge is 0.478 e. The van der Waals surface area contributed by atoms with Gasteiger partial charge in [0.2, 0.25) is 0 Å². The van der Waals surface area contributed by atoms with Crippen LogP contribution in [0.25, 0.3) is 5.57 Å². The van der Waals surface area contributed by atoms with Gasteiger partial charge in [-0.25, -0.2) is 4.79 Å². The lowest BCUT2D eigenvalue weighted by molar-refractivity contribution is -0.131. The van der Waals surface area contributed by atoms with Crippen molar-refractivity contribution in [1.29, 1.82) is 0 Å². The first-order valence-electron chi connectivity index (χ1n) is 3.87. The molecular formula is C10H8Cl2O2. The van der Waals surface area contributed by atoms with Crippen molar-refractivity contribution in [3.8, 4) is 0 Å². The Hall–Kier alpha value is -0.990. The van der Waals surface area contributed by atoms with Crippen LogP contribution in [0.5, 0.6) is 0 Å². The molecule has 0 saturated heterocycles. The number of carbonyl (C=O) groups is 1. The van der Waals surface area contributed by atoms with Gasteiger partial charge in [-0.1, -0.05) is 29.3 Å². The van der Waals surface area contributed by atoms with Gasteiger partial charge in [0.05, 0.1) is 10.0 Å². The molecule has 1 aromatic rings. The third-order valence-corrected chi connectivity index (χ3v) is 2.45. The van der Waals surface area contributed by atoms with Crippen molar-refractivity contribution in [3.63, 3.8) is 0 Å². The Bertz CT molecular complexity index is 397. The molecule has 0 aliphatic carbocycles. The Morgan fingerprint density at radius 3 is 2.50 bits per heavy atom. The normalized spacial score (nSPS) is 11.5. The molecule has 0 aliphatic heterocycles. The number of carboxylic acids is 1. The van der Waals surface area contributed by atoms with Crippen LogP contribution >= 0.6 is 23.2 Å². The molecule has 4 heteroatoms. The molecule has 0 heterocycles. The fraction of sp³-hybridized carbons (Fsp3) is 0.100. The summed E-state index contributed by atoms with van der Waals surface area (Å²) in [4.78, 5) is 10.4. The van der Waals surface area contributed by atoms with E-state index >= 15 is 0 Å². The number of halogens is 2. The molecule has 1 rings (SSSR count). The van der Waals surface area contributed by atoms with Crippen molar-refractivity contribution >= 4 is 34.7 Å². The zero-order chi connectivity index (χ0) is 10.7. The predicted molar refractivity (Wildman–Crippen MR) is 57.7 cm³/mol. The van der Waals surface area contributed by atoms with E-state index in [1.165, 1.54) is 0 Å². The first-order chi connectivity index (χ1) is 6.50. The highest BCUT2D eigenvalue weighted by Gasteiger charge is 2.02. The van der Waals surface area contributed by atoms with E-state index in [1.807, 2.05) is 0 Å². The number of hydrogen-bond donors (Lipinski definition) is 1. The predicted octanol–water partition coefficient (Wildman–Crippen LogP) is 3.48. The molecule has 0 aromatic heterocycles. The molecule has 0 fully saturated rings. The first kappa shape index (κ1) is 11.1. The maximum absolute atomic E-state index is 10.4. The summed E-state index contributed by atoms with van der Waals surface area (Å²) in [5.74, 6) is -0.978. The highest BCUT2D eigenvalue weighted by molar-refractivity contribution is 6.42. The zero-order valence-electron chi connectivity index (χ0n) is 7.42. The van der Waals surface area contributed by atoms with Crippen LogP contribution in [0, 0.1) is 0 Å². The van der Waals surface area contributed by atoms with Crippen LogP contribution in [0.2, 0.25) is 10.0 Å². The second-order valence-corrected chi connectivity index (χ2v) is 3.61. The average Bonchev–Trinajstić information content (AvgIpc) is 2.08. The molecule has 0 aliphatic rings. The second-order valence-electron chi connectivity index (χ2n) is 2.79.